The third-order valence-electron chi connectivity index (χ3n) is 9.51. The van der Waals surface area contributed by atoms with Crippen LogP contribution in [-0.4, -0.2) is 39.9 Å². The van der Waals surface area contributed by atoms with E-state index in [-0.39, 0.29) is 0 Å². The van der Waals surface area contributed by atoms with Gasteiger partial charge in [0.15, 0.2) is 23.3 Å². The first-order chi connectivity index (χ1) is 25.2. The standard InChI is InChI=1S/C42H24N8O/c1-2-13-24-23(11-1)12-9-21-32(24)51-33-22-10-20-31-34(33)42-49-40-30-19-8-7-18-29(30)38(47-40)45-36-26-15-4-3-14-25(26)35(43-36)44-37-27-16-5-6-17-28(27)39(46-37)48-41(31)50-42/h1-22H,(H2,43,44,45,46,47,48,49,50). The van der Waals surface area contributed by atoms with Gasteiger partial charge in [0.05, 0.1) is 5.39 Å². The molecule has 9 aromatic rings. The smallest absolute Gasteiger partial charge is 0.164 e. The summed E-state index contributed by atoms with van der Waals surface area (Å²) in [6.07, 6.45) is 0. The van der Waals surface area contributed by atoms with Gasteiger partial charge in [-0.1, -0.05) is 121 Å². The van der Waals surface area contributed by atoms with Crippen LogP contribution < -0.4 is 4.74 Å². The van der Waals surface area contributed by atoms with Crippen LogP contribution in [0.2, 0.25) is 0 Å². The lowest BCUT2D eigenvalue weighted by Gasteiger charge is -2.10. The first kappa shape index (κ1) is 27.7. The Bertz CT molecular complexity index is 3080. The Morgan fingerprint density at radius 3 is 1.35 bits per heavy atom. The summed E-state index contributed by atoms with van der Waals surface area (Å²) in [7, 11) is 0. The molecule has 0 spiro atoms. The largest absolute Gasteiger partial charge is 0.456 e. The zero-order chi connectivity index (χ0) is 33.5. The number of aromatic nitrogens is 8. The second kappa shape index (κ2) is 10.6. The molecule has 238 valence electrons. The molecule has 2 N–H and O–H groups in total. The van der Waals surface area contributed by atoms with E-state index in [0.717, 1.165) is 60.3 Å². The molecule has 0 aliphatic carbocycles. The summed E-state index contributed by atoms with van der Waals surface area (Å²) in [6, 6.07) is 44.3. The number of fused-ring (bicyclic) bond motifs is 21. The van der Waals surface area contributed by atoms with E-state index in [2.05, 4.69) is 28.2 Å². The Morgan fingerprint density at radius 2 is 0.745 bits per heavy atom. The molecular formula is C42H24N8O. The second-order valence-electron chi connectivity index (χ2n) is 12.5. The van der Waals surface area contributed by atoms with E-state index in [1.54, 1.807) is 0 Å². The van der Waals surface area contributed by atoms with Crippen molar-refractivity contribution >= 4 is 54.9 Å². The Labute approximate surface area is 289 Å². The molecule has 8 bridgehead atoms. The van der Waals surface area contributed by atoms with Crippen molar-refractivity contribution in [3.63, 3.8) is 0 Å². The third-order valence-corrected chi connectivity index (χ3v) is 9.51. The van der Waals surface area contributed by atoms with Gasteiger partial charge in [-0.3, -0.25) is 0 Å². The normalized spacial score (nSPS) is 11.9. The lowest BCUT2D eigenvalue weighted by Crippen LogP contribution is -1.88. The molecule has 11 rings (SSSR count). The Kier molecular flexibility index (Phi) is 5.76. The predicted octanol–water partition coefficient (Wildman–Crippen LogP) is 9.81. The molecule has 9 nitrogen and oxygen atoms in total. The van der Waals surface area contributed by atoms with Crippen LogP contribution in [-0.2, 0) is 0 Å². The third kappa shape index (κ3) is 4.28. The highest BCUT2D eigenvalue weighted by Crippen LogP contribution is 2.40. The summed E-state index contributed by atoms with van der Waals surface area (Å²) in [5, 5.41) is 5.59. The minimum Gasteiger partial charge on any atom is -0.456 e. The summed E-state index contributed by atoms with van der Waals surface area (Å²) in [4.78, 5) is 37.6. The van der Waals surface area contributed by atoms with E-state index in [4.69, 9.17) is 34.6 Å². The highest BCUT2D eigenvalue weighted by atomic mass is 16.5. The molecule has 0 amide bonds. The summed E-state index contributed by atoms with van der Waals surface area (Å²) in [5.41, 5.74) is 6.03. The Hall–Kier alpha value is -7.26. The maximum absolute atomic E-state index is 6.74. The molecule has 2 aliphatic rings. The molecule has 0 saturated heterocycles. The lowest BCUT2D eigenvalue weighted by atomic mass is 10.1. The van der Waals surface area contributed by atoms with Crippen molar-refractivity contribution in [3.8, 4) is 57.1 Å². The number of nitrogens with zero attached hydrogens (tertiary/aromatic N) is 6. The van der Waals surface area contributed by atoms with Crippen molar-refractivity contribution in [2.45, 2.75) is 0 Å². The van der Waals surface area contributed by atoms with Gasteiger partial charge in [0.2, 0.25) is 0 Å². The van der Waals surface area contributed by atoms with E-state index in [9.17, 15) is 0 Å². The fraction of sp³-hybridized carbons (Fsp3) is 0. The summed E-state index contributed by atoms with van der Waals surface area (Å²) in [6.45, 7) is 0. The first-order valence-electron chi connectivity index (χ1n) is 16.6. The molecule has 3 aromatic heterocycles. The van der Waals surface area contributed by atoms with Gasteiger partial charge in [-0.05, 0) is 17.5 Å². The van der Waals surface area contributed by atoms with Crippen LogP contribution in [0.1, 0.15) is 0 Å². The average Bonchev–Trinajstić information content (AvgIpc) is 3.91. The molecule has 51 heavy (non-hydrogen) atoms. The minimum atomic E-state index is 0.533. The fourth-order valence-electron chi connectivity index (χ4n) is 7.15. The van der Waals surface area contributed by atoms with Crippen molar-refractivity contribution < 1.29 is 4.74 Å². The zero-order valence-corrected chi connectivity index (χ0v) is 26.8. The van der Waals surface area contributed by atoms with Crippen molar-refractivity contribution in [3.05, 3.63) is 133 Å². The number of benzene rings is 6. The molecule has 0 unspecified atom stereocenters. The molecule has 9 heteroatoms. The summed E-state index contributed by atoms with van der Waals surface area (Å²) >= 11 is 0. The maximum atomic E-state index is 6.74. The SMILES string of the molecule is c1ccc2c(c1)-c1nc-2nc2[nH]c(nc3nc(nc4[nH]c(n1)c1ccccc41)-c1ccccc1-3)c1c(Oc3cccc4ccccc34)cccc21. The van der Waals surface area contributed by atoms with E-state index in [1.165, 1.54) is 0 Å². The molecule has 0 radical (unpaired) electrons. The number of nitrogens with one attached hydrogen (secondary N) is 2. The zero-order valence-electron chi connectivity index (χ0n) is 26.8. The van der Waals surface area contributed by atoms with Crippen molar-refractivity contribution in [2.24, 2.45) is 0 Å². The number of hydrogen-bond donors (Lipinski definition) is 2. The van der Waals surface area contributed by atoms with Gasteiger partial charge >= 0.3 is 0 Å². The van der Waals surface area contributed by atoms with Gasteiger partial charge in [-0.2, -0.15) is 0 Å². The fourth-order valence-corrected chi connectivity index (χ4v) is 7.15. The first-order valence-corrected chi connectivity index (χ1v) is 16.6. The number of ether oxygens (including phenoxy) is 1. The van der Waals surface area contributed by atoms with Gasteiger partial charge in [0, 0.05) is 43.8 Å². The second-order valence-corrected chi connectivity index (χ2v) is 12.5. The van der Waals surface area contributed by atoms with Gasteiger partial charge in [-0.25, -0.2) is 29.9 Å². The van der Waals surface area contributed by atoms with Crippen molar-refractivity contribution in [2.75, 3.05) is 0 Å². The van der Waals surface area contributed by atoms with Crippen molar-refractivity contribution in [1.29, 1.82) is 0 Å². The van der Waals surface area contributed by atoms with Crippen LogP contribution in [0.15, 0.2) is 133 Å². The van der Waals surface area contributed by atoms with Gasteiger partial charge < -0.3 is 14.7 Å². The van der Waals surface area contributed by atoms with Crippen molar-refractivity contribution in [1.82, 2.24) is 39.9 Å². The molecule has 2 aliphatic heterocycles. The van der Waals surface area contributed by atoms with E-state index >= 15 is 0 Å². The molecule has 5 heterocycles. The monoisotopic (exact) mass is 656 g/mol. The molecule has 0 saturated carbocycles. The highest BCUT2D eigenvalue weighted by Gasteiger charge is 2.22. The number of H-pyrrole nitrogens is 2. The van der Waals surface area contributed by atoms with Crippen LogP contribution in [0.4, 0.5) is 0 Å². The summed E-state index contributed by atoms with van der Waals surface area (Å²) in [5.74, 6) is 3.59. The van der Waals surface area contributed by atoms with Crippen LogP contribution >= 0.6 is 0 Å². The Morgan fingerprint density at radius 1 is 0.333 bits per heavy atom. The van der Waals surface area contributed by atoms with E-state index in [1.807, 2.05) is 115 Å². The summed E-state index contributed by atoms with van der Waals surface area (Å²) < 4.78 is 6.74. The molecule has 6 aromatic carbocycles. The van der Waals surface area contributed by atoms with E-state index in [0.29, 0.717) is 51.6 Å². The molecular weight excluding hydrogens is 633 g/mol. The Balaban J connectivity index is 1.28. The topological polar surface area (TPSA) is 118 Å². The van der Waals surface area contributed by atoms with E-state index < -0.39 is 0 Å². The quantitative estimate of drug-likeness (QED) is 0.190. The van der Waals surface area contributed by atoms with Crippen LogP contribution in [0.5, 0.6) is 11.5 Å². The van der Waals surface area contributed by atoms with Crippen LogP contribution in [0.25, 0.3) is 100 Å². The van der Waals surface area contributed by atoms with Gasteiger partial charge in [0.1, 0.15) is 34.1 Å². The highest BCUT2D eigenvalue weighted by molar-refractivity contribution is 6.09. The number of rotatable bonds is 2. The van der Waals surface area contributed by atoms with Gasteiger partial charge in [-0.15, -0.1) is 0 Å². The predicted molar refractivity (Wildman–Crippen MR) is 200 cm³/mol. The van der Waals surface area contributed by atoms with Gasteiger partial charge in [0.25, 0.3) is 0 Å². The lowest BCUT2D eigenvalue weighted by molar-refractivity contribution is 0.494. The maximum Gasteiger partial charge on any atom is 0.164 e. The minimum absolute atomic E-state index is 0.533. The molecule has 0 fully saturated rings. The number of hydrogen-bond acceptors (Lipinski definition) is 7. The average molecular weight is 657 g/mol. The molecule has 0 atom stereocenters. The van der Waals surface area contributed by atoms with Crippen LogP contribution in [0.3, 0.4) is 0 Å². The van der Waals surface area contributed by atoms with Crippen LogP contribution in [0, 0.1) is 0 Å². The number of aromatic amines is 2.